The van der Waals surface area contributed by atoms with Crippen molar-refractivity contribution < 1.29 is 20.4 Å². The molecular weight excluding hydrogens is 276 g/mol. The van der Waals surface area contributed by atoms with Crippen LogP contribution in [0.15, 0.2) is 6.33 Å². The minimum absolute atomic E-state index is 0. The van der Waals surface area contributed by atoms with Crippen LogP contribution in [0.3, 0.4) is 0 Å². The Morgan fingerprint density at radius 3 is 2.75 bits per heavy atom. The van der Waals surface area contributed by atoms with Crippen molar-refractivity contribution >= 4 is 0 Å². The van der Waals surface area contributed by atoms with Gasteiger partial charge in [0.1, 0.15) is 0 Å². The van der Waals surface area contributed by atoms with Crippen LogP contribution in [0.1, 0.15) is 12.7 Å². The maximum absolute atomic E-state index is 3.81. The summed E-state index contributed by atoms with van der Waals surface area (Å²) in [7, 11) is 0. The van der Waals surface area contributed by atoms with E-state index in [9.17, 15) is 0 Å². The van der Waals surface area contributed by atoms with Crippen LogP contribution in [0.5, 0.6) is 0 Å². The largest absolute Gasteiger partial charge is 0.429 e. The molecule has 0 aliphatic carbocycles. The molecule has 0 bridgehead atoms. The molecule has 1 radical (unpaired) electrons. The first-order chi connectivity index (χ1) is 3.43. The van der Waals surface area contributed by atoms with Crippen LogP contribution in [0, 0.1) is 0 Å². The van der Waals surface area contributed by atoms with E-state index in [-0.39, 0.29) is 20.4 Å². The fourth-order valence-corrected chi connectivity index (χ4v) is 0.373. The Hall–Kier alpha value is -0.198. The van der Waals surface area contributed by atoms with E-state index < -0.39 is 0 Å². The smallest absolute Gasteiger partial charge is 0.0260 e. The average Bonchev–Trinajstić information content (AvgIpc) is 2.14. The summed E-state index contributed by atoms with van der Waals surface area (Å²) in [6.45, 7) is 2.00. The van der Waals surface area contributed by atoms with Crippen molar-refractivity contribution in [1.29, 1.82) is 0 Å². The third-order valence-electron chi connectivity index (χ3n) is 0.748. The van der Waals surface area contributed by atoms with Crippen LogP contribution in [0.2, 0.25) is 0 Å². The maximum Gasteiger partial charge on any atom is 0.0260 e. The van der Waals surface area contributed by atoms with Crippen molar-refractivity contribution in [2.24, 2.45) is 0 Å². The molecule has 1 aromatic heterocycles. The second kappa shape index (κ2) is 3.76. The fraction of sp³-hybridized carbons (Fsp3) is 0.500. The molecule has 0 aliphatic heterocycles. The van der Waals surface area contributed by atoms with E-state index in [4.69, 9.17) is 0 Å². The Kier molecular flexibility index (Phi) is 3.67. The molecule has 0 aromatic carbocycles. The fourth-order valence-electron chi connectivity index (χ4n) is 0.373. The summed E-state index contributed by atoms with van der Waals surface area (Å²) in [6.07, 6.45) is 2.33. The summed E-state index contributed by atoms with van der Waals surface area (Å²) in [5, 5.41) is 7.21. The van der Waals surface area contributed by atoms with Gasteiger partial charge in [0.15, 0.2) is 0 Å². The van der Waals surface area contributed by atoms with Gasteiger partial charge in [-0.15, -0.1) is 0 Å². The predicted octanol–water partition coefficient (Wildman–Crippen LogP) is -0.00630. The summed E-state index contributed by atoms with van der Waals surface area (Å²) < 4.78 is 0. The van der Waals surface area contributed by atoms with Gasteiger partial charge in [0, 0.05) is 26.2 Å². The quantitative estimate of drug-likeness (QED) is 0.727. The van der Waals surface area contributed by atoms with Gasteiger partial charge in [-0.1, -0.05) is 13.3 Å². The predicted molar refractivity (Wildman–Crippen MR) is 24.7 cm³/mol. The van der Waals surface area contributed by atoms with Crippen molar-refractivity contribution in [3.63, 3.8) is 0 Å². The van der Waals surface area contributed by atoms with Crippen LogP contribution < -0.4 is 5.10 Å². The minimum atomic E-state index is 0. The number of rotatable bonds is 1. The Morgan fingerprint density at radius 2 is 2.50 bits per heavy atom. The van der Waals surface area contributed by atoms with Gasteiger partial charge in [0.2, 0.25) is 0 Å². The normalized spacial score (nSPS) is 8.12. The van der Waals surface area contributed by atoms with Crippen molar-refractivity contribution in [1.82, 2.24) is 15.2 Å². The van der Waals surface area contributed by atoms with Crippen molar-refractivity contribution in [2.75, 3.05) is 0 Å². The number of nitrogens with zero attached hydrogens (tertiary/aromatic N) is 3. The topological polar surface area (TPSA) is 39.9 Å². The van der Waals surface area contributed by atoms with Crippen LogP contribution >= 0.6 is 0 Å². The first-order valence-electron chi connectivity index (χ1n) is 2.22. The van der Waals surface area contributed by atoms with E-state index in [1.54, 1.807) is 0 Å². The molecule has 0 fully saturated rings. The molecule has 4 heteroatoms. The van der Waals surface area contributed by atoms with Crippen molar-refractivity contribution in [3.8, 4) is 0 Å². The molecule has 0 spiro atoms. The zero-order valence-corrected chi connectivity index (χ0v) is 7.22. The molecular formula is C4H6N3Re-. The van der Waals surface area contributed by atoms with Crippen molar-refractivity contribution in [3.05, 3.63) is 12.2 Å². The summed E-state index contributed by atoms with van der Waals surface area (Å²) in [5.74, 6) is 0.819. The first-order valence-corrected chi connectivity index (χ1v) is 2.22. The Bertz CT molecular complexity index is 126. The van der Waals surface area contributed by atoms with E-state index in [0.717, 1.165) is 12.2 Å². The van der Waals surface area contributed by atoms with Gasteiger partial charge in [0.25, 0.3) is 0 Å². The SMILES string of the molecule is CCc1nc[n-]n1.[Re]. The van der Waals surface area contributed by atoms with Gasteiger partial charge >= 0.3 is 0 Å². The minimum Gasteiger partial charge on any atom is -0.429 e. The van der Waals surface area contributed by atoms with Gasteiger partial charge in [-0.05, 0) is 6.42 Å². The van der Waals surface area contributed by atoms with Crippen LogP contribution in [0.4, 0.5) is 0 Å². The molecule has 0 atom stereocenters. The van der Waals surface area contributed by atoms with Gasteiger partial charge in [-0.25, -0.2) is 0 Å². The van der Waals surface area contributed by atoms with E-state index in [1.807, 2.05) is 6.92 Å². The average molecular weight is 282 g/mol. The van der Waals surface area contributed by atoms with E-state index >= 15 is 0 Å². The monoisotopic (exact) mass is 283 g/mol. The molecule has 0 unspecified atom stereocenters. The van der Waals surface area contributed by atoms with E-state index in [2.05, 4.69) is 15.2 Å². The number of hydrogen-bond acceptors (Lipinski definition) is 2. The van der Waals surface area contributed by atoms with Gasteiger partial charge in [0.05, 0.1) is 0 Å². The molecule has 0 aliphatic rings. The molecule has 1 rings (SSSR count). The number of aromatic nitrogens is 3. The molecule has 0 N–H and O–H groups in total. The van der Waals surface area contributed by atoms with Gasteiger partial charge < -0.3 is 10.1 Å². The zero-order chi connectivity index (χ0) is 5.11. The summed E-state index contributed by atoms with van der Waals surface area (Å²) in [4.78, 5) is 3.81. The summed E-state index contributed by atoms with van der Waals surface area (Å²) in [6, 6.07) is 0. The van der Waals surface area contributed by atoms with Crippen LogP contribution in [-0.4, -0.2) is 10.1 Å². The molecule has 1 aromatic rings. The van der Waals surface area contributed by atoms with Gasteiger partial charge in [-0.2, -0.15) is 0 Å². The third-order valence-corrected chi connectivity index (χ3v) is 0.748. The summed E-state index contributed by atoms with van der Waals surface area (Å²) in [5.41, 5.74) is 0. The Morgan fingerprint density at radius 1 is 1.75 bits per heavy atom. The number of aryl methyl sites for hydroxylation is 1. The third kappa shape index (κ3) is 1.73. The molecule has 0 saturated heterocycles. The molecule has 0 amide bonds. The molecule has 45 valence electrons. The number of hydrogen-bond donors (Lipinski definition) is 0. The molecule has 3 nitrogen and oxygen atoms in total. The zero-order valence-electron chi connectivity index (χ0n) is 4.50. The molecule has 0 saturated carbocycles. The van der Waals surface area contributed by atoms with Crippen LogP contribution in [0.25, 0.3) is 0 Å². The van der Waals surface area contributed by atoms with E-state index in [0.29, 0.717) is 0 Å². The van der Waals surface area contributed by atoms with Crippen LogP contribution in [-0.2, 0) is 26.8 Å². The standard InChI is InChI=1S/C4H6N3.Re/c1-2-4-5-3-6-7-4;/h3H,2H2,1H3;/q-1;. The maximum atomic E-state index is 3.81. The Balaban J connectivity index is 0.000000490. The van der Waals surface area contributed by atoms with E-state index in [1.165, 1.54) is 6.33 Å². The Labute approximate surface area is 61.6 Å². The molecule has 8 heavy (non-hydrogen) atoms. The second-order valence-electron chi connectivity index (χ2n) is 1.23. The van der Waals surface area contributed by atoms with Crippen molar-refractivity contribution in [2.45, 2.75) is 13.3 Å². The molecule has 1 heterocycles. The summed E-state index contributed by atoms with van der Waals surface area (Å²) >= 11 is 0. The second-order valence-corrected chi connectivity index (χ2v) is 1.23. The first kappa shape index (κ1) is 7.80. The van der Waals surface area contributed by atoms with Gasteiger partial charge in [-0.3, -0.25) is 5.10 Å².